The molecular formula is C13H15NOS. The number of hydrogen-bond donors (Lipinski definition) is 0. The number of thioether (sulfide) groups is 1. The second-order valence-corrected chi connectivity index (χ2v) is 6.03. The minimum atomic E-state index is -0.121. The molecule has 2 heterocycles. The summed E-state index contributed by atoms with van der Waals surface area (Å²) in [6.07, 6.45) is 1.69. The van der Waals surface area contributed by atoms with Gasteiger partial charge in [-0.3, -0.25) is 4.79 Å². The van der Waals surface area contributed by atoms with Gasteiger partial charge in [0.25, 0.3) is 0 Å². The minimum Gasteiger partial charge on any atom is -0.324 e. The van der Waals surface area contributed by atoms with Crippen LogP contribution in [0.3, 0.4) is 0 Å². The number of benzene rings is 1. The van der Waals surface area contributed by atoms with Crippen molar-refractivity contribution >= 4 is 17.7 Å². The van der Waals surface area contributed by atoms with Crippen molar-refractivity contribution in [1.82, 2.24) is 4.90 Å². The van der Waals surface area contributed by atoms with Crippen LogP contribution in [0.25, 0.3) is 0 Å². The van der Waals surface area contributed by atoms with Crippen molar-refractivity contribution < 1.29 is 4.79 Å². The first-order valence-corrected chi connectivity index (χ1v) is 6.73. The SMILES string of the molecule is CC12SCCC(=O)N1CCc1ccccc12. The molecule has 0 N–H and O–H groups in total. The van der Waals surface area contributed by atoms with Gasteiger partial charge >= 0.3 is 0 Å². The standard InChI is InChI=1S/C13H15NOS/c1-13-11-5-3-2-4-10(11)6-8-14(13)12(15)7-9-16-13/h2-5H,6-9H2,1H3. The average Bonchev–Trinajstić information content (AvgIpc) is 2.29. The number of carbonyl (C=O) groups is 1. The Bertz CT molecular complexity index is 445. The van der Waals surface area contributed by atoms with Crippen LogP contribution in [0.15, 0.2) is 24.3 Å². The maximum Gasteiger partial charge on any atom is 0.224 e. The Morgan fingerprint density at radius 1 is 1.31 bits per heavy atom. The van der Waals surface area contributed by atoms with Crippen LogP contribution in [0.1, 0.15) is 24.5 Å². The second kappa shape index (κ2) is 3.52. The molecule has 84 valence electrons. The van der Waals surface area contributed by atoms with E-state index in [2.05, 4.69) is 36.1 Å². The fourth-order valence-corrected chi connectivity index (χ4v) is 4.15. The number of fused-ring (bicyclic) bond motifs is 3. The third-order valence-corrected chi connectivity index (χ3v) is 5.05. The van der Waals surface area contributed by atoms with Gasteiger partial charge in [-0.25, -0.2) is 0 Å². The van der Waals surface area contributed by atoms with Crippen molar-refractivity contribution in [2.45, 2.75) is 24.6 Å². The van der Waals surface area contributed by atoms with Crippen LogP contribution >= 0.6 is 11.8 Å². The van der Waals surface area contributed by atoms with Gasteiger partial charge in [0.05, 0.1) is 0 Å². The van der Waals surface area contributed by atoms with Crippen LogP contribution in [0.4, 0.5) is 0 Å². The molecular weight excluding hydrogens is 218 g/mol. The van der Waals surface area contributed by atoms with Gasteiger partial charge < -0.3 is 4.90 Å². The lowest BCUT2D eigenvalue weighted by Crippen LogP contribution is -2.52. The zero-order valence-corrected chi connectivity index (χ0v) is 10.2. The number of hydrogen-bond acceptors (Lipinski definition) is 2. The molecule has 0 saturated carbocycles. The van der Waals surface area contributed by atoms with E-state index in [0.29, 0.717) is 12.3 Å². The fourth-order valence-electron chi connectivity index (χ4n) is 2.77. The summed E-state index contributed by atoms with van der Waals surface area (Å²) in [4.78, 5) is 13.9. The minimum absolute atomic E-state index is 0.121. The third-order valence-electron chi connectivity index (χ3n) is 3.64. The summed E-state index contributed by atoms with van der Waals surface area (Å²) >= 11 is 1.90. The molecule has 2 aliphatic rings. The quantitative estimate of drug-likeness (QED) is 0.685. The van der Waals surface area contributed by atoms with Gasteiger partial charge in [0.15, 0.2) is 0 Å². The molecule has 1 atom stereocenters. The molecule has 1 aromatic rings. The molecule has 0 aromatic heterocycles. The van der Waals surface area contributed by atoms with E-state index in [0.717, 1.165) is 18.7 Å². The topological polar surface area (TPSA) is 20.3 Å². The molecule has 1 saturated heterocycles. The molecule has 0 spiro atoms. The first-order valence-electron chi connectivity index (χ1n) is 5.74. The molecule has 1 amide bonds. The van der Waals surface area contributed by atoms with Crippen LogP contribution < -0.4 is 0 Å². The molecule has 3 heteroatoms. The predicted molar refractivity (Wildman–Crippen MR) is 66.3 cm³/mol. The fraction of sp³-hybridized carbons (Fsp3) is 0.462. The van der Waals surface area contributed by atoms with E-state index < -0.39 is 0 Å². The maximum absolute atomic E-state index is 12.0. The van der Waals surface area contributed by atoms with E-state index >= 15 is 0 Å². The summed E-state index contributed by atoms with van der Waals surface area (Å²) in [7, 11) is 0. The third kappa shape index (κ3) is 1.31. The van der Waals surface area contributed by atoms with Crippen molar-refractivity contribution in [3.63, 3.8) is 0 Å². The van der Waals surface area contributed by atoms with Crippen molar-refractivity contribution in [2.24, 2.45) is 0 Å². The second-order valence-electron chi connectivity index (χ2n) is 4.53. The highest BCUT2D eigenvalue weighted by Gasteiger charge is 2.43. The summed E-state index contributed by atoms with van der Waals surface area (Å²) < 4.78 is 0. The first kappa shape index (κ1) is 10.2. The van der Waals surface area contributed by atoms with E-state index in [4.69, 9.17) is 0 Å². The van der Waals surface area contributed by atoms with E-state index in [1.54, 1.807) is 0 Å². The molecule has 0 aliphatic carbocycles. The summed E-state index contributed by atoms with van der Waals surface area (Å²) in [6, 6.07) is 8.53. The van der Waals surface area contributed by atoms with Crippen LogP contribution in [0.2, 0.25) is 0 Å². The molecule has 2 aliphatic heterocycles. The summed E-state index contributed by atoms with van der Waals surface area (Å²) in [5.74, 6) is 1.26. The lowest BCUT2D eigenvalue weighted by atomic mass is 9.92. The van der Waals surface area contributed by atoms with E-state index in [1.165, 1.54) is 11.1 Å². The molecule has 1 unspecified atom stereocenters. The zero-order valence-electron chi connectivity index (χ0n) is 9.40. The van der Waals surface area contributed by atoms with Gasteiger partial charge in [-0.15, -0.1) is 11.8 Å². The van der Waals surface area contributed by atoms with Gasteiger partial charge in [-0.1, -0.05) is 24.3 Å². The summed E-state index contributed by atoms with van der Waals surface area (Å²) in [6.45, 7) is 3.06. The van der Waals surface area contributed by atoms with Gasteiger partial charge in [-0.05, 0) is 24.5 Å². The first-order chi connectivity index (χ1) is 7.72. The highest BCUT2D eigenvalue weighted by Crippen LogP contribution is 2.46. The molecule has 16 heavy (non-hydrogen) atoms. The number of nitrogens with zero attached hydrogens (tertiary/aromatic N) is 1. The number of rotatable bonds is 0. The Morgan fingerprint density at radius 2 is 2.12 bits per heavy atom. The Balaban J connectivity index is 2.12. The lowest BCUT2D eigenvalue weighted by Gasteiger charge is -2.48. The van der Waals surface area contributed by atoms with Crippen molar-refractivity contribution in [3.05, 3.63) is 35.4 Å². The molecule has 3 rings (SSSR count). The Kier molecular flexibility index (Phi) is 2.25. The predicted octanol–water partition coefficient (Wildman–Crippen LogP) is 2.38. The van der Waals surface area contributed by atoms with Crippen molar-refractivity contribution in [3.8, 4) is 0 Å². The molecule has 0 radical (unpaired) electrons. The molecule has 0 bridgehead atoms. The molecule has 1 aromatic carbocycles. The average molecular weight is 233 g/mol. The van der Waals surface area contributed by atoms with E-state index in [-0.39, 0.29) is 4.87 Å². The maximum atomic E-state index is 12.0. The van der Waals surface area contributed by atoms with Crippen LogP contribution in [0.5, 0.6) is 0 Å². The summed E-state index contributed by atoms with van der Waals surface area (Å²) in [5.41, 5.74) is 2.74. The highest BCUT2D eigenvalue weighted by molar-refractivity contribution is 8.00. The monoisotopic (exact) mass is 233 g/mol. The normalized spacial score (nSPS) is 28.6. The largest absolute Gasteiger partial charge is 0.324 e. The van der Waals surface area contributed by atoms with Crippen LogP contribution in [-0.2, 0) is 16.1 Å². The Labute approximate surface area is 100 Å². The van der Waals surface area contributed by atoms with Crippen LogP contribution in [-0.4, -0.2) is 23.1 Å². The van der Waals surface area contributed by atoms with Crippen molar-refractivity contribution in [2.75, 3.05) is 12.3 Å². The van der Waals surface area contributed by atoms with E-state index in [1.807, 2.05) is 11.8 Å². The zero-order chi connectivity index (χ0) is 11.2. The number of amides is 1. The Hall–Kier alpha value is -0.960. The molecule has 2 nitrogen and oxygen atoms in total. The lowest BCUT2D eigenvalue weighted by molar-refractivity contribution is -0.135. The van der Waals surface area contributed by atoms with Gasteiger partial charge in [0.1, 0.15) is 4.87 Å². The smallest absolute Gasteiger partial charge is 0.224 e. The highest BCUT2D eigenvalue weighted by atomic mass is 32.2. The van der Waals surface area contributed by atoms with Gasteiger partial charge in [0.2, 0.25) is 5.91 Å². The molecule has 1 fully saturated rings. The van der Waals surface area contributed by atoms with Crippen LogP contribution in [0, 0.1) is 0 Å². The Morgan fingerprint density at radius 3 is 3.00 bits per heavy atom. The van der Waals surface area contributed by atoms with E-state index in [9.17, 15) is 4.79 Å². The van der Waals surface area contributed by atoms with Gasteiger partial charge in [-0.2, -0.15) is 0 Å². The summed E-state index contributed by atoms with van der Waals surface area (Å²) in [5, 5.41) is 0. The van der Waals surface area contributed by atoms with Crippen molar-refractivity contribution in [1.29, 1.82) is 0 Å². The van der Waals surface area contributed by atoms with Gasteiger partial charge in [0, 0.05) is 18.7 Å². The number of carbonyl (C=O) groups excluding carboxylic acids is 1.